The number of nitrogens with two attached hydrogens (primary N) is 1. The minimum Gasteiger partial charge on any atom is -0.490 e. The van der Waals surface area contributed by atoms with Gasteiger partial charge in [-0.25, -0.2) is 0 Å². The van der Waals surface area contributed by atoms with Crippen LogP contribution in [-0.2, 0) is 11.3 Å². The van der Waals surface area contributed by atoms with E-state index in [0.29, 0.717) is 31.8 Å². The molecule has 0 fully saturated rings. The SMILES string of the molecule is COc1cc(OCC(=O)N(CCCN)Cc2ccccc2)ccc1[N+](=O)[O-].Cl. The van der Waals surface area contributed by atoms with Crippen LogP contribution in [0.15, 0.2) is 48.5 Å². The first-order valence-electron chi connectivity index (χ1n) is 8.52. The maximum absolute atomic E-state index is 12.6. The second kappa shape index (κ2) is 11.8. The van der Waals surface area contributed by atoms with E-state index in [1.165, 1.54) is 25.3 Å². The smallest absolute Gasteiger partial charge is 0.311 e. The minimum atomic E-state index is -0.540. The van der Waals surface area contributed by atoms with E-state index in [2.05, 4.69) is 0 Å². The number of rotatable bonds is 10. The molecule has 0 unspecified atom stereocenters. The third-order valence-corrected chi connectivity index (χ3v) is 3.91. The molecule has 0 saturated heterocycles. The zero-order valence-electron chi connectivity index (χ0n) is 15.6. The number of ether oxygens (including phenoxy) is 2. The zero-order valence-corrected chi connectivity index (χ0v) is 16.4. The molecule has 0 heterocycles. The summed E-state index contributed by atoms with van der Waals surface area (Å²) in [5.74, 6) is 0.211. The predicted octanol–water partition coefficient (Wildman–Crippen LogP) is 2.78. The molecule has 1 amide bonds. The van der Waals surface area contributed by atoms with E-state index in [-0.39, 0.29) is 36.4 Å². The Morgan fingerprint density at radius 2 is 1.93 bits per heavy atom. The number of nitro groups is 1. The average Bonchev–Trinajstić information content (AvgIpc) is 2.69. The topological polar surface area (TPSA) is 108 Å². The summed E-state index contributed by atoms with van der Waals surface area (Å²) in [6.07, 6.45) is 0.684. The van der Waals surface area contributed by atoms with Gasteiger partial charge in [0, 0.05) is 25.2 Å². The number of methoxy groups -OCH3 is 1. The Morgan fingerprint density at radius 3 is 2.54 bits per heavy atom. The van der Waals surface area contributed by atoms with Crippen molar-refractivity contribution in [2.75, 3.05) is 26.8 Å². The van der Waals surface area contributed by atoms with Crippen LogP contribution in [0.5, 0.6) is 11.5 Å². The van der Waals surface area contributed by atoms with Gasteiger partial charge < -0.3 is 20.1 Å². The molecule has 0 aliphatic rings. The van der Waals surface area contributed by atoms with Gasteiger partial charge >= 0.3 is 5.69 Å². The highest BCUT2D eigenvalue weighted by Gasteiger charge is 2.17. The highest BCUT2D eigenvalue weighted by atomic mass is 35.5. The van der Waals surface area contributed by atoms with E-state index in [1.54, 1.807) is 4.90 Å². The molecule has 0 bridgehead atoms. The van der Waals surface area contributed by atoms with Gasteiger partial charge in [0.1, 0.15) is 5.75 Å². The molecule has 152 valence electrons. The normalized spacial score (nSPS) is 9.93. The van der Waals surface area contributed by atoms with Gasteiger partial charge in [-0.3, -0.25) is 14.9 Å². The van der Waals surface area contributed by atoms with Crippen molar-refractivity contribution in [3.63, 3.8) is 0 Å². The number of halogens is 1. The molecule has 2 aromatic rings. The molecule has 0 aliphatic carbocycles. The van der Waals surface area contributed by atoms with Crippen LogP contribution in [0.4, 0.5) is 5.69 Å². The lowest BCUT2D eigenvalue weighted by atomic mass is 10.2. The van der Waals surface area contributed by atoms with E-state index >= 15 is 0 Å². The van der Waals surface area contributed by atoms with Gasteiger partial charge in [-0.2, -0.15) is 0 Å². The Labute approximate surface area is 169 Å². The summed E-state index contributed by atoms with van der Waals surface area (Å²) in [6, 6.07) is 13.8. The van der Waals surface area contributed by atoms with Gasteiger partial charge in [0.05, 0.1) is 12.0 Å². The Bertz CT molecular complexity index is 773. The van der Waals surface area contributed by atoms with Crippen LogP contribution in [0.3, 0.4) is 0 Å². The van der Waals surface area contributed by atoms with Crippen molar-refractivity contribution < 1.29 is 19.2 Å². The summed E-state index contributed by atoms with van der Waals surface area (Å²) in [5.41, 5.74) is 6.42. The first-order chi connectivity index (χ1) is 13.0. The van der Waals surface area contributed by atoms with Gasteiger partial charge in [0.25, 0.3) is 5.91 Å². The van der Waals surface area contributed by atoms with Crippen molar-refractivity contribution in [1.29, 1.82) is 0 Å². The molecule has 2 aromatic carbocycles. The van der Waals surface area contributed by atoms with Crippen LogP contribution in [0.2, 0.25) is 0 Å². The predicted molar refractivity (Wildman–Crippen MR) is 108 cm³/mol. The summed E-state index contributed by atoms with van der Waals surface area (Å²) in [7, 11) is 1.34. The summed E-state index contributed by atoms with van der Waals surface area (Å²) >= 11 is 0. The Morgan fingerprint density at radius 1 is 1.21 bits per heavy atom. The van der Waals surface area contributed by atoms with Crippen molar-refractivity contribution in [1.82, 2.24) is 4.90 Å². The number of hydrogen-bond acceptors (Lipinski definition) is 6. The summed E-state index contributed by atoms with van der Waals surface area (Å²) < 4.78 is 10.5. The largest absolute Gasteiger partial charge is 0.490 e. The molecular weight excluding hydrogens is 386 g/mol. The first kappa shape index (κ1) is 23.2. The maximum atomic E-state index is 12.6. The van der Waals surface area contributed by atoms with Crippen LogP contribution < -0.4 is 15.2 Å². The fraction of sp³-hybridized carbons (Fsp3) is 0.316. The van der Waals surface area contributed by atoms with E-state index in [9.17, 15) is 14.9 Å². The van der Waals surface area contributed by atoms with E-state index in [4.69, 9.17) is 15.2 Å². The Kier molecular flexibility index (Phi) is 9.76. The molecule has 28 heavy (non-hydrogen) atoms. The van der Waals surface area contributed by atoms with Crippen molar-refractivity contribution in [3.05, 3.63) is 64.2 Å². The minimum absolute atomic E-state index is 0. The van der Waals surface area contributed by atoms with E-state index in [1.807, 2.05) is 30.3 Å². The number of carbonyl (C=O) groups excluding carboxylic acids is 1. The standard InChI is InChI=1S/C19H23N3O5.ClH/c1-26-18-12-16(8-9-17(18)22(24)25)27-14-19(23)21(11-5-10-20)13-15-6-3-2-4-7-15;/h2-4,6-9,12H,5,10-11,13-14,20H2,1H3;1H. The van der Waals surface area contributed by atoms with Crippen LogP contribution in [0, 0.1) is 10.1 Å². The van der Waals surface area contributed by atoms with Gasteiger partial charge in [-0.05, 0) is 24.6 Å². The number of hydrogen-bond donors (Lipinski definition) is 1. The molecule has 2 rings (SSSR count). The Hall–Kier alpha value is -2.84. The lowest BCUT2D eigenvalue weighted by molar-refractivity contribution is -0.385. The van der Waals surface area contributed by atoms with Crippen molar-refractivity contribution in [2.45, 2.75) is 13.0 Å². The maximum Gasteiger partial charge on any atom is 0.311 e. The van der Waals surface area contributed by atoms with Gasteiger partial charge in [0.15, 0.2) is 6.61 Å². The molecule has 0 radical (unpaired) electrons. The monoisotopic (exact) mass is 409 g/mol. The fourth-order valence-corrected chi connectivity index (χ4v) is 2.51. The molecule has 0 atom stereocenters. The number of nitro benzene ring substituents is 1. The second-order valence-electron chi connectivity index (χ2n) is 5.82. The molecule has 0 aromatic heterocycles. The average molecular weight is 410 g/mol. The number of carbonyl (C=O) groups is 1. The second-order valence-corrected chi connectivity index (χ2v) is 5.82. The first-order valence-corrected chi connectivity index (χ1v) is 8.52. The van der Waals surface area contributed by atoms with Crippen LogP contribution in [0.1, 0.15) is 12.0 Å². The highest BCUT2D eigenvalue weighted by molar-refractivity contribution is 5.85. The van der Waals surface area contributed by atoms with Crippen LogP contribution >= 0.6 is 12.4 Å². The number of benzene rings is 2. The van der Waals surface area contributed by atoms with Crippen molar-refractivity contribution >= 4 is 24.0 Å². The lowest BCUT2D eigenvalue weighted by Crippen LogP contribution is -2.36. The Balaban J connectivity index is 0.00000392. The lowest BCUT2D eigenvalue weighted by Gasteiger charge is -2.23. The molecule has 9 heteroatoms. The van der Waals surface area contributed by atoms with Crippen LogP contribution in [0.25, 0.3) is 0 Å². The summed E-state index contributed by atoms with van der Waals surface area (Å²) in [5, 5.41) is 10.9. The molecule has 0 spiro atoms. The van der Waals surface area contributed by atoms with Crippen LogP contribution in [-0.4, -0.2) is 42.5 Å². The molecular formula is C19H24ClN3O5. The van der Waals surface area contributed by atoms with E-state index in [0.717, 1.165) is 5.56 Å². The van der Waals surface area contributed by atoms with Gasteiger partial charge in [-0.1, -0.05) is 30.3 Å². The summed E-state index contributed by atoms with van der Waals surface area (Å²) in [4.78, 5) is 24.7. The summed E-state index contributed by atoms with van der Waals surface area (Å²) in [6.45, 7) is 1.29. The van der Waals surface area contributed by atoms with Gasteiger partial charge in [-0.15, -0.1) is 12.4 Å². The number of nitrogens with zero attached hydrogens (tertiary/aromatic N) is 2. The third-order valence-electron chi connectivity index (χ3n) is 3.91. The third kappa shape index (κ3) is 6.71. The molecule has 2 N–H and O–H groups in total. The molecule has 0 saturated carbocycles. The molecule has 0 aliphatic heterocycles. The van der Waals surface area contributed by atoms with Crippen molar-refractivity contribution in [2.24, 2.45) is 5.73 Å². The molecule has 8 nitrogen and oxygen atoms in total. The van der Waals surface area contributed by atoms with Crippen molar-refractivity contribution in [3.8, 4) is 11.5 Å². The van der Waals surface area contributed by atoms with Gasteiger partial charge in [0.2, 0.25) is 5.75 Å². The fourth-order valence-electron chi connectivity index (χ4n) is 2.51. The number of amides is 1. The zero-order chi connectivity index (χ0) is 19.6. The van der Waals surface area contributed by atoms with E-state index < -0.39 is 4.92 Å². The quantitative estimate of drug-likeness (QED) is 0.477. The highest BCUT2D eigenvalue weighted by Crippen LogP contribution is 2.30.